The Labute approximate surface area is 181 Å². The van der Waals surface area contributed by atoms with Crippen molar-refractivity contribution in [2.75, 3.05) is 5.32 Å². The lowest BCUT2D eigenvalue weighted by Crippen LogP contribution is -2.24. The summed E-state index contributed by atoms with van der Waals surface area (Å²) >= 11 is 0. The summed E-state index contributed by atoms with van der Waals surface area (Å²) in [6, 6.07) is 20.0. The average Bonchev–Trinajstić information content (AvgIpc) is 2.74. The van der Waals surface area contributed by atoms with Crippen LogP contribution < -0.4 is 14.8 Å². The van der Waals surface area contributed by atoms with E-state index in [1.54, 1.807) is 31.2 Å². The van der Waals surface area contributed by atoms with Gasteiger partial charge in [0.25, 0.3) is 5.91 Å². The Morgan fingerprint density at radius 2 is 1.61 bits per heavy atom. The summed E-state index contributed by atoms with van der Waals surface area (Å²) in [5.41, 5.74) is 1.78. The molecule has 0 aliphatic rings. The molecule has 31 heavy (non-hydrogen) atoms. The third kappa shape index (κ3) is 5.70. The van der Waals surface area contributed by atoms with Crippen LogP contribution in [0.3, 0.4) is 0 Å². The van der Waals surface area contributed by atoms with Crippen LogP contribution in [0.4, 0.5) is 5.69 Å². The Morgan fingerprint density at radius 3 is 2.32 bits per heavy atom. The maximum atomic E-state index is 12.9. The fourth-order valence-corrected chi connectivity index (χ4v) is 4.12. The fourth-order valence-electron chi connectivity index (χ4n) is 2.91. The first-order valence-electron chi connectivity index (χ1n) is 9.50. The van der Waals surface area contributed by atoms with Crippen LogP contribution in [0.25, 0.3) is 0 Å². The third-order valence-corrected chi connectivity index (χ3v) is 5.78. The molecule has 0 saturated heterocycles. The normalized spacial score (nSPS) is 10.9. The van der Waals surface area contributed by atoms with Gasteiger partial charge in [-0.1, -0.05) is 48.5 Å². The van der Waals surface area contributed by atoms with Crippen molar-refractivity contribution in [1.29, 1.82) is 0 Å². The minimum atomic E-state index is -4.26. The van der Waals surface area contributed by atoms with E-state index < -0.39 is 16.0 Å². The van der Waals surface area contributed by atoms with Gasteiger partial charge in [0.2, 0.25) is 5.91 Å². The Hall–Kier alpha value is -3.65. The van der Waals surface area contributed by atoms with Gasteiger partial charge in [-0.25, -0.2) is 0 Å². The highest BCUT2D eigenvalue weighted by Crippen LogP contribution is 2.26. The fraction of sp³-hybridized carbons (Fsp3) is 0.130. The summed E-state index contributed by atoms with van der Waals surface area (Å²) in [5, 5.41) is 5.31. The van der Waals surface area contributed by atoms with Gasteiger partial charge >= 0.3 is 10.1 Å². The molecule has 0 atom stereocenters. The molecule has 160 valence electrons. The van der Waals surface area contributed by atoms with Crippen molar-refractivity contribution in [2.24, 2.45) is 0 Å². The van der Waals surface area contributed by atoms with E-state index >= 15 is 0 Å². The second-order valence-corrected chi connectivity index (χ2v) is 8.38. The van der Waals surface area contributed by atoms with E-state index in [2.05, 4.69) is 10.6 Å². The molecule has 3 aromatic rings. The number of benzene rings is 3. The highest BCUT2D eigenvalue weighted by molar-refractivity contribution is 7.87. The summed E-state index contributed by atoms with van der Waals surface area (Å²) in [6.45, 7) is 3.24. The van der Waals surface area contributed by atoms with Crippen molar-refractivity contribution >= 4 is 27.6 Å². The summed E-state index contributed by atoms with van der Waals surface area (Å²) in [4.78, 5) is 23.9. The average molecular weight is 439 g/mol. The number of carbonyl (C=O) groups excluding carboxylic acids is 2. The smallest absolute Gasteiger partial charge is 0.339 e. The number of rotatable bonds is 7. The van der Waals surface area contributed by atoms with Crippen LogP contribution in [0.5, 0.6) is 5.75 Å². The molecule has 0 aliphatic carbocycles. The number of hydrogen-bond donors (Lipinski definition) is 2. The zero-order valence-corrected chi connectivity index (χ0v) is 17.9. The van der Waals surface area contributed by atoms with Crippen molar-refractivity contribution in [2.45, 2.75) is 25.3 Å². The van der Waals surface area contributed by atoms with Gasteiger partial charge in [-0.15, -0.1) is 0 Å². The predicted octanol–water partition coefficient (Wildman–Crippen LogP) is 3.65. The SMILES string of the molecule is CC(=O)Nc1ccc(C)c(S(=O)(=O)Oc2ccccc2C(=O)NCc2ccccc2)c1. The van der Waals surface area contributed by atoms with E-state index in [4.69, 9.17) is 4.18 Å². The van der Waals surface area contributed by atoms with Crippen LogP contribution in [-0.4, -0.2) is 20.2 Å². The number of para-hydroxylation sites is 1. The summed E-state index contributed by atoms with van der Waals surface area (Å²) in [5.74, 6) is -0.871. The van der Waals surface area contributed by atoms with E-state index in [9.17, 15) is 18.0 Å². The number of nitrogens with one attached hydrogen (secondary N) is 2. The summed E-state index contributed by atoms with van der Waals surface area (Å²) in [6.07, 6.45) is 0. The Balaban J connectivity index is 1.84. The van der Waals surface area contributed by atoms with E-state index in [0.717, 1.165) is 5.56 Å². The Bertz CT molecular complexity index is 1210. The highest BCUT2D eigenvalue weighted by Gasteiger charge is 2.23. The molecule has 0 heterocycles. The lowest BCUT2D eigenvalue weighted by molar-refractivity contribution is -0.114. The molecule has 3 aromatic carbocycles. The summed E-state index contributed by atoms with van der Waals surface area (Å²) < 4.78 is 31.2. The topological polar surface area (TPSA) is 102 Å². The molecular formula is C23H22N2O5S. The number of aryl methyl sites for hydroxylation is 1. The van der Waals surface area contributed by atoms with Crippen molar-refractivity contribution < 1.29 is 22.2 Å². The maximum Gasteiger partial charge on any atom is 0.339 e. The molecule has 0 fully saturated rings. The first-order valence-corrected chi connectivity index (χ1v) is 10.9. The van der Waals surface area contributed by atoms with Gasteiger partial charge in [0.05, 0.1) is 5.56 Å². The van der Waals surface area contributed by atoms with Gasteiger partial charge in [-0.05, 0) is 42.3 Å². The molecule has 0 bridgehead atoms. The van der Waals surface area contributed by atoms with E-state index in [0.29, 0.717) is 17.8 Å². The second kappa shape index (κ2) is 9.44. The molecule has 0 saturated carbocycles. The number of hydrogen-bond acceptors (Lipinski definition) is 5. The number of anilines is 1. The van der Waals surface area contributed by atoms with Crippen molar-refractivity contribution in [3.63, 3.8) is 0 Å². The third-order valence-electron chi connectivity index (χ3n) is 4.40. The Kier molecular flexibility index (Phi) is 6.71. The number of carbonyl (C=O) groups is 2. The predicted molar refractivity (Wildman–Crippen MR) is 117 cm³/mol. The minimum Gasteiger partial charge on any atom is -0.378 e. The monoisotopic (exact) mass is 438 g/mol. The molecule has 0 aromatic heterocycles. The van der Waals surface area contributed by atoms with Crippen molar-refractivity contribution in [3.05, 3.63) is 89.5 Å². The molecule has 0 unspecified atom stereocenters. The van der Waals surface area contributed by atoms with Gasteiger partial charge in [0, 0.05) is 19.2 Å². The van der Waals surface area contributed by atoms with Gasteiger partial charge in [-0.2, -0.15) is 8.42 Å². The first-order chi connectivity index (χ1) is 14.8. The van der Waals surface area contributed by atoms with Crippen LogP contribution in [-0.2, 0) is 21.5 Å². The van der Waals surface area contributed by atoms with E-state index in [-0.39, 0.29) is 22.1 Å². The second-order valence-electron chi connectivity index (χ2n) is 6.86. The molecule has 2 amide bonds. The van der Waals surface area contributed by atoms with Gasteiger partial charge in [0.1, 0.15) is 4.90 Å². The maximum absolute atomic E-state index is 12.9. The van der Waals surface area contributed by atoms with Crippen LogP contribution in [0.15, 0.2) is 77.7 Å². The summed E-state index contributed by atoms with van der Waals surface area (Å²) in [7, 11) is -4.26. The molecule has 0 radical (unpaired) electrons. The Morgan fingerprint density at radius 1 is 0.935 bits per heavy atom. The number of amides is 2. The van der Waals surface area contributed by atoms with Crippen LogP contribution in [0.2, 0.25) is 0 Å². The van der Waals surface area contributed by atoms with E-state index in [1.165, 1.54) is 25.1 Å². The standard InChI is InChI=1S/C23H22N2O5S/c1-16-12-13-19(25-17(2)26)14-22(16)31(28,29)30-21-11-7-6-10-20(21)23(27)24-15-18-8-4-3-5-9-18/h3-14H,15H2,1-2H3,(H,24,27)(H,25,26). The van der Waals surface area contributed by atoms with Crippen molar-refractivity contribution in [3.8, 4) is 5.75 Å². The zero-order chi connectivity index (χ0) is 22.4. The molecule has 7 nitrogen and oxygen atoms in total. The van der Waals surface area contributed by atoms with Gasteiger partial charge < -0.3 is 14.8 Å². The largest absolute Gasteiger partial charge is 0.378 e. The molecule has 2 N–H and O–H groups in total. The van der Waals surface area contributed by atoms with Crippen molar-refractivity contribution in [1.82, 2.24) is 5.32 Å². The van der Waals surface area contributed by atoms with Gasteiger partial charge in [-0.3, -0.25) is 9.59 Å². The van der Waals surface area contributed by atoms with Crippen LogP contribution in [0.1, 0.15) is 28.4 Å². The highest BCUT2D eigenvalue weighted by atomic mass is 32.2. The minimum absolute atomic E-state index is 0.0857. The lowest BCUT2D eigenvalue weighted by atomic mass is 10.1. The van der Waals surface area contributed by atoms with Crippen LogP contribution in [0, 0.1) is 6.92 Å². The molecule has 3 rings (SSSR count). The first kappa shape index (κ1) is 22.0. The lowest BCUT2D eigenvalue weighted by Gasteiger charge is -2.14. The molecular weight excluding hydrogens is 416 g/mol. The van der Waals surface area contributed by atoms with E-state index in [1.807, 2.05) is 30.3 Å². The molecule has 0 spiro atoms. The van der Waals surface area contributed by atoms with Gasteiger partial charge in [0.15, 0.2) is 5.75 Å². The molecule has 8 heteroatoms. The van der Waals surface area contributed by atoms with Crippen LogP contribution >= 0.6 is 0 Å². The molecule has 0 aliphatic heterocycles. The zero-order valence-electron chi connectivity index (χ0n) is 17.1. The quantitative estimate of drug-likeness (QED) is 0.548.